The lowest BCUT2D eigenvalue weighted by molar-refractivity contribution is -0.139. The van der Waals surface area contributed by atoms with Crippen molar-refractivity contribution in [3.63, 3.8) is 0 Å². The number of allylic oxidation sites excluding steroid dienone is 1. The van der Waals surface area contributed by atoms with Crippen molar-refractivity contribution in [2.45, 2.75) is 167 Å². The maximum atomic E-state index is 13.6. The lowest BCUT2D eigenvalue weighted by Crippen LogP contribution is -2.49. The number of carbonyl (C=O) groups excluding carboxylic acids is 6. The van der Waals surface area contributed by atoms with Crippen molar-refractivity contribution < 1.29 is 75.7 Å². The van der Waals surface area contributed by atoms with Crippen molar-refractivity contribution in [2.75, 3.05) is 84.8 Å². The first-order valence-electron chi connectivity index (χ1n) is 29.8. The SMILES string of the molecule is C=C(CCCCCCCCCCCCCCCS(=O)(=O)O)N[C@@H](CCC(=O)NCCOCCOCC(=O)NCCOCCOCC(=O)NCCCC[C@H](C)C(=O)C(C)[C@@H](CCCNC(=N)N)C(=O)N[C@@H](Cc1ccc(O)cc1)C(N)=O)C(=O)O. The molecule has 0 saturated carbocycles. The van der Waals surface area contributed by atoms with Crippen LogP contribution in [0.3, 0.4) is 0 Å². The number of nitrogens with two attached hydrogens (primary N) is 2. The number of carbonyl (C=O) groups is 7. The Morgan fingerprint density at radius 3 is 1.61 bits per heavy atom. The van der Waals surface area contributed by atoms with Crippen LogP contribution in [-0.4, -0.2) is 167 Å². The second kappa shape index (κ2) is 47.3. The fraction of sp³-hybridized carbons (Fsp3) is 0.724. The average Bonchev–Trinajstić information content (AvgIpc) is 3.47. The summed E-state index contributed by atoms with van der Waals surface area (Å²) in [7, 11) is -3.85. The van der Waals surface area contributed by atoms with Gasteiger partial charge in [-0.25, -0.2) is 4.79 Å². The number of hydrogen-bond donors (Lipinski definition) is 12. The van der Waals surface area contributed by atoms with Crippen LogP contribution in [-0.2, 0) is 69.0 Å². The van der Waals surface area contributed by atoms with Gasteiger partial charge in [0, 0.05) is 62.5 Å². The van der Waals surface area contributed by atoms with Crippen molar-refractivity contribution in [1.82, 2.24) is 31.9 Å². The van der Waals surface area contributed by atoms with Crippen LogP contribution in [0.1, 0.15) is 154 Å². The number of aliphatic carboxylic acids is 1. The molecule has 0 aromatic heterocycles. The van der Waals surface area contributed by atoms with Crippen LogP contribution >= 0.6 is 0 Å². The number of guanidine groups is 1. The molecule has 0 radical (unpaired) electrons. The summed E-state index contributed by atoms with van der Waals surface area (Å²) in [6.07, 6.45) is 16.8. The number of nitrogens with one attached hydrogen (secondary N) is 7. The predicted molar refractivity (Wildman–Crippen MR) is 319 cm³/mol. The summed E-state index contributed by atoms with van der Waals surface area (Å²) in [4.78, 5) is 88.1. The predicted octanol–water partition coefficient (Wildman–Crippen LogP) is 3.90. The Balaban J connectivity index is 2.10. The molecule has 0 bridgehead atoms. The van der Waals surface area contributed by atoms with Crippen molar-refractivity contribution >= 4 is 57.4 Å². The van der Waals surface area contributed by atoms with Gasteiger partial charge in [0.1, 0.15) is 36.8 Å². The molecule has 1 unspecified atom stereocenters. The first-order chi connectivity index (χ1) is 40.1. The summed E-state index contributed by atoms with van der Waals surface area (Å²) in [5, 5.41) is 43.2. The molecule has 0 spiro atoms. The number of unbranched alkanes of at least 4 members (excludes halogenated alkanes) is 13. The minimum Gasteiger partial charge on any atom is -0.508 e. The van der Waals surface area contributed by atoms with Crippen LogP contribution in [0.5, 0.6) is 5.75 Å². The molecule has 0 heterocycles. The number of carboxylic acid groups (broad SMARTS) is 1. The molecular weight excluding hydrogens is 1110 g/mol. The van der Waals surface area contributed by atoms with Gasteiger partial charge >= 0.3 is 5.97 Å². The highest BCUT2D eigenvalue weighted by Crippen LogP contribution is 2.25. The van der Waals surface area contributed by atoms with E-state index in [1.54, 1.807) is 26.0 Å². The van der Waals surface area contributed by atoms with Crippen molar-refractivity contribution in [1.29, 1.82) is 5.41 Å². The molecule has 0 fully saturated rings. The third-order valence-electron chi connectivity index (χ3n) is 13.9. The number of benzene rings is 1. The number of carboxylic acids is 1. The number of amides is 5. The number of phenols is 1. The summed E-state index contributed by atoms with van der Waals surface area (Å²) in [5.41, 5.74) is 12.3. The van der Waals surface area contributed by atoms with E-state index in [0.717, 1.165) is 51.4 Å². The van der Waals surface area contributed by atoms with Gasteiger partial charge in [0.15, 0.2) is 5.96 Å². The van der Waals surface area contributed by atoms with Gasteiger partial charge in [-0.05, 0) is 69.1 Å². The minimum absolute atomic E-state index is 0.0130. The molecule has 5 atom stereocenters. The molecule has 14 N–H and O–H groups in total. The molecule has 84 heavy (non-hydrogen) atoms. The normalized spacial score (nSPS) is 13.1. The lowest BCUT2D eigenvalue weighted by Gasteiger charge is -2.27. The number of aromatic hydroxyl groups is 1. The Morgan fingerprint density at radius 1 is 0.583 bits per heavy atom. The molecule has 1 aromatic rings. The fourth-order valence-electron chi connectivity index (χ4n) is 9.02. The summed E-state index contributed by atoms with van der Waals surface area (Å²) >= 11 is 0. The van der Waals surface area contributed by atoms with Crippen LogP contribution in [0.15, 0.2) is 36.5 Å². The van der Waals surface area contributed by atoms with Gasteiger partial charge in [0.05, 0.1) is 45.4 Å². The van der Waals surface area contributed by atoms with E-state index in [1.807, 2.05) is 0 Å². The number of primary amides is 1. The van der Waals surface area contributed by atoms with Crippen LogP contribution in [0, 0.1) is 23.2 Å². The Kier molecular flexibility index (Phi) is 42.9. The highest BCUT2D eigenvalue weighted by molar-refractivity contribution is 7.85. The third-order valence-corrected chi connectivity index (χ3v) is 14.7. The summed E-state index contributed by atoms with van der Waals surface area (Å²) < 4.78 is 51.9. The van der Waals surface area contributed by atoms with Gasteiger partial charge < -0.3 is 72.5 Å². The van der Waals surface area contributed by atoms with Crippen LogP contribution in [0.25, 0.3) is 0 Å². The van der Waals surface area contributed by atoms with E-state index in [2.05, 4.69) is 38.5 Å². The second-order valence-corrected chi connectivity index (χ2v) is 22.8. The van der Waals surface area contributed by atoms with Crippen LogP contribution in [0.2, 0.25) is 0 Å². The minimum atomic E-state index is -3.85. The van der Waals surface area contributed by atoms with Gasteiger partial charge in [0.25, 0.3) is 10.1 Å². The Bertz CT molecular complexity index is 2190. The molecule has 480 valence electrons. The zero-order valence-electron chi connectivity index (χ0n) is 49.9. The highest BCUT2D eigenvalue weighted by atomic mass is 32.2. The van der Waals surface area contributed by atoms with Gasteiger partial charge in [0.2, 0.25) is 29.5 Å². The molecule has 25 nitrogen and oxygen atoms in total. The molecule has 5 amide bonds. The number of ketones is 1. The number of Topliss-reactive ketones (excluding diaryl/α,β-unsaturated/α-hetero) is 1. The fourth-order valence-corrected chi connectivity index (χ4v) is 9.59. The van der Waals surface area contributed by atoms with E-state index in [9.17, 15) is 52.2 Å². The maximum Gasteiger partial charge on any atom is 0.326 e. The Hall–Kier alpha value is -5.93. The largest absolute Gasteiger partial charge is 0.508 e. The third kappa shape index (κ3) is 42.0. The number of hydrogen-bond acceptors (Lipinski definition) is 16. The quantitative estimate of drug-likeness (QED) is 0.0190. The van der Waals surface area contributed by atoms with Gasteiger partial charge in [-0.1, -0.05) is 110 Å². The second-order valence-electron chi connectivity index (χ2n) is 21.2. The van der Waals surface area contributed by atoms with E-state index in [0.29, 0.717) is 62.9 Å². The van der Waals surface area contributed by atoms with Crippen molar-refractivity contribution in [2.24, 2.45) is 29.2 Å². The van der Waals surface area contributed by atoms with E-state index in [4.69, 9.17) is 40.4 Å². The monoisotopic (exact) mass is 1210 g/mol. The number of rotatable bonds is 55. The van der Waals surface area contributed by atoms with Gasteiger partial charge in [-0.2, -0.15) is 8.42 Å². The van der Waals surface area contributed by atoms with Crippen LogP contribution < -0.4 is 43.4 Å². The highest BCUT2D eigenvalue weighted by Gasteiger charge is 2.34. The zero-order chi connectivity index (χ0) is 62.4. The molecule has 1 rings (SSSR count). The molecule has 1 aromatic carbocycles. The van der Waals surface area contributed by atoms with Gasteiger partial charge in [-0.15, -0.1) is 0 Å². The summed E-state index contributed by atoms with van der Waals surface area (Å²) in [5.74, 6) is -5.56. The Labute approximate surface area is 497 Å². The lowest BCUT2D eigenvalue weighted by atomic mass is 9.80. The average molecular weight is 1210 g/mol. The topological polar surface area (TPSA) is 399 Å². The van der Waals surface area contributed by atoms with E-state index in [1.165, 1.54) is 37.8 Å². The van der Waals surface area contributed by atoms with E-state index >= 15 is 0 Å². The number of ether oxygens (including phenoxy) is 4. The van der Waals surface area contributed by atoms with Crippen molar-refractivity contribution in [3.8, 4) is 5.75 Å². The van der Waals surface area contributed by atoms with Gasteiger partial charge in [-0.3, -0.25) is 38.7 Å². The van der Waals surface area contributed by atoms with Crippen LogP contribution in [0.4, 0.5) is 0 Å². The Morgan fingerprint density at radius 2 is 1.08 bits per heavy atom. The van der Waals surface area contributed by atoms with E-state index in [-0.39, 0.29) is 133 Å². The summed E-state index contributed by atoms with van der Waals surface area (Å²) in [6, 6.07) is 4.20. The zero-order valence-corrected chi connectivity index (χ0v) is 50.7. The number of phenolic OH excluding ortho intramolecular Hbond substituents is 1. The van der Waals surface area contributed by atoms with E-state index < -0.39 is 57.7 Å². The molecule has 0 aliphatic heterocycles. The molecule has 0 aliphatic rings. The smallest absolute Gasteiger partial charge is 0.326 e. The first kappa shape index (κ1) is 76.1. The standard InChI is InChI=1S/C58H101N9O16S/c1-43(54(72)45(3)48(22-19-30-65-58(60)61)56(74)67-50(55(59)73)40-46-23-25-47(68)26-24-46)20-16-17-29-62-52(70)41-82-37-36-81-34-32-64-53(71)42-83-38-35-80-33-31-63-51(69)28-27-49(57(75)76)66-44(2)21-15-13-11-9-7-5-4-6-8-10-12-14-18-39-84(77,78)79/h23-26,43,45,48-50,66,68H,2,4-22,27-42H2,1,3H3,(H2,59,73)(H,62,70)(H,63,69)(H,64,71)(H,67,74)(H,75,76)(H4,60,61,65)(H,77,78,79)/t43-,45?,48+,49-,50-/m0/s1. The maximum absolute atomic E-state index is 13.6. The molecule has 26 heteroatoms. The summed E-state index contributed by atoms with van der Waals surface area (Å²) in [6.45, 7) is 9.36. The first-order valence-corrected chi connectivity index (χ1v) is 31.4. The van der Waals surface area contributed by atoms with Crippen molar-refractivity contribution in [3.05, 3.63) is 42.1 Å². The molecular formula is C58H101N9O16S. The molecule has 0 aliphatic carbocycles. The molecule has 0 saturated heterocycles.